The number of nitrogens with zero attached hydrogens (tertiary/aromatic N) is 1. The number of nitrogens with one attached hydrogen (secondary N) is 1. The largest absolute Gasteiger partial charge is 0.480 e. The van der Waals surface area contributed by atoms with Crippen LogP contribution in [0.2, 0.25) is 0 Å². The van der Waals surface area contributed by atoms with Crippen molar-refractivity contribution in [2.45, 2.75) is 18.2 Å². The van der Waals surface area contributed by atoms with Crippen LogP contribution in [0.4, 0.5) is 5.69 Å². The van der Waals surface area contributed by atoms with Crippen molar-refractivity contribution >= 4 is 33.3 Å². The molecule has 0 saturated heterocycles. The van der Waals surface area contributed by atoms with Crippen LogP contribution in [0.5, 0.6) is 0 Å². The van der Waals surface area contributed by atoms with Gasteiger partial charge < -0.3 is 5.11 Å². The first-order valence-electron chi connectivity index (χ1n) is 6.85. The molecule has 1 unspecified atom stereocenters. The van der Waals surface area contributed by atoms with Crippen LogP contribution in [0.15, 0.2) is 47.3 Å². The van der Waals surface area contributed by atoms with Crippen LogP contribution in [0.25, 0.3) is 0 Å². The number of hydrogen-bond donors (Lipinski definition) is 2. The number of halogens is 1. The summed E-state index contributed by atoms with van der Waals surface area (Å²) in [6.45, 7) is 0.986. The van der Waals surface area contributed by atoms with Crippen LogP contribution in [0.1, 0.15) is 16.0 Å². The molecule has 1 aromatic carbocycles. The molecule has 1 heterocycles. The molecule has 1 atom stereocenters. The van der Waals surface area contributed by atoms with Crippen LogP contribution < -0.4 is 10.3 Å². The Morgan fingerprint density at radius 3 is 2.46 bits per heavy atom. The number of carboxylic acid groups (broad SMARTS) is 1. The van der Waals surface area contributed by atoms with Crippen molar-refractivity contribution in [1.29, 1.82) is 0 Å². The zero-order chi connectivity index (χ0) is 17.9. The van der Waals surface area contributed by atoms with Gasteiger partial charge in [0.25, 0.3) is 15.6 Å². The highest BCUT2D eigenvalue weighted by atomic mass is 35.5. The average Bonchev–Trinajstić information content (AvgIpc) is 2.54. The summed E-state index contributed by atoms with van der Waals surface area (Å²) in [6.07, 6.45) is 0. The molecule has 0 fully saturated rings. The summed E-state index contributed by atoms with van der Waals surface area (Å²) in [7, 11) is -4.09. The van der Waals surface area contributed by atoms with E-state index in [0.717, 1.165) is 4.57 Å². The number of aryl methyl sites for hydroxylation is 1. The summed E-state index contributed by atoms with van der Waals surface area (Å²) in [5, 5.41) is 8.86. The van der Waals surface area contributed by atoms with Gasteiger partial charge >= 0.3 is 5.97 Å². The third-order valence-corrected chi connectivity index (χ3v) is 5.55. The van der Waals surface area contributed by atoms with Crippen LogP contribution in [0.3, 0.4) is 0 Å². The number of pyridine rings is 1. The van der Waals surface area contributed by atoms with Gasteiger partial charge in [0.15, 0.2) is 4.71 Å². The summed E-state index contributed by atoms with van der Waals surface area (Å²) in [4.78, 5) is 23.1. The number of aliphatic carboxylic acids is 1. The van der Waals surface area contributed by atoms with E-state index in [4.69, 9.17) is 16.7 Å². The Balaban J connectivity index is 2.37. The number of benzene rings is 1. The average molecular weight is 371 g/mol. The molecule has 1 aromatic heterocycles. The van der Waals surface area contributed by atoms with Crippen molar-refractivity contribution in [3.63, 3.8) is 0 Å². The highest BCUT2D eigenvalue weighted by Gasteiger charge is 2.26. The molecule has 0 aliphatic heterocycles. The number of sulfonamides is 1. The Kier molecular flexibility index (Phi) is 5.30. The normalized spacial score (nSPS) is 12.6. The molecule has 2 N–H and O–H groups in total. The van der Waals surface area contributed by atoms with E-state index in [9.17, 15) is 18.0 Å². The van der Waals surface area contributed by atoms with Gasteiger partial charge in [-0.1, -0.05) is 41.9 Å². The zero-order valence-electron chi connectivity index (χ0n) is 12.6. The summed E-state index contributed by atoms with van der Waals surface area (Å²) >= 11 is 6.00. The van der Waals surface area contributed by atoms with E-state index in [1.165, 1.54) is 12.1 Å². The minimum Gasteiger partial charge on any atom is -0.480 e. The van der Waals surface area contributed by atoms with Crippen molar-refractivity contribution in [2.75, 3.05) is 4.72 Å². The molecule has 0 bridgehead atoms. The second-order valence-electron chi connectivity index (χ2n) is 5.05. The molecule has 9 heteroatoms. The Hall–Kier alpha value is -2.32. The number of hydrogen-bond acceptors (Lipinski definition) is 4. The molecule has 2 rings (SSSR count). The molecule has 7 nitrogen and oxygen atoms in total. The standard InChI is InChI=1S/C15H15ClN2O5S/c1-10-7-8-12(15(21)18(10)9-13(19)20)17-24(22,23)14(16)11-5-3-2-4-6-11/h2-8,14,17H,9H2,1H3,(H,19,20). The van der Waals surface area contributed by atoms with Crippen molar-refractivity contribution < 1.29 is 18.3 Å². The molecule has 0 aliphatic rings. The topological polar surface area (TPSA) is 105 Å². The molecule has 0 saturated carbocycles. The van der Waals surface area contributed by atoms with Crippen LogP contribution >= 0.6 is 11.6 Å². The van der Waals surface area contributed by atoms with E-state index < -0.39 is 32.8 Å². The summed E-state index contributed by atoms with van der Waals surface area (Å²) < 4.78 is 26.4. The zero-order valence-corrected chi connectivity index (χ0v) is 14.2. The van der Waals surface area contributed by atoms with E-state index >= 15 is 0 Å². The molecular weight excluding hydrogens is 356 g/mol. The van der Waals surface area contributed by atoms with Gasteiger partial charge in [-0.05, 0) is 24.6 Å². The van der Waals surface area contributed by atoms with Gasteiger partial charge in [0.05, 0.1) is 0 Å². The predicted molar refractivity (Wildman–Crippen MR) is 90.7 cm³/mol. The van der Waals surface area contributed by atoms with Gasteiger partial charge in [-0.25, -0.2) is 8.42 Å². The van der Waals surface area contributed by atoms with Crippen LogP contribution in [0, 0.1) is 6.92 Å². The monoisotopic (exact) mass is 370 g/mol. The number of alkyl halides is 1. The maximum absolute atomic E-state index is 12.4. The minimum atomic E-state index is -4.09. The minimum absolute atomic E-state index is 0.261. The first-order chi connectivity index (χ1) is 11.2. The highest BCUT2D eigenvalue weighted by molar-refractivity contribution is 7.94. The third kappa shape index (κ3) is 3.95. The van der Waals surface area contributed by atoms with Gasteiger partial charge in [-0.15, -0.1) is 0 Å². The van der Waals surface area contributed by atoms with E-state index in [2.05, 4.69) is 4.72 Å². The van der Waals surface area contributed by atoms with Gasteiger partial charge in [-0.2, -0.15) is 0 Å². The van der Waals surface area contributed by atoms with Crippen molar-refractivity contribution in [3.8, 4) is 0 Å². The SMILES string of the molecule is Cc1ccc(NS(=O)(=O)C(Cl)c2ccccc2)c(=O)n1CC(=O)O. The van der Waals surface area contributed by atoms with Crippen molar-refractivity contribution in [2.24, 2.45) is 0 Å². The first kappa shape index (κ1) is 18.0. The van der Waals surface area contributed by atoms with Crippen LogP contribution in [-0.2, 0) is 21.4 Å². The summed E-state index contributed by atoms with van der Waals surface area (Å²) in [5.74, 6) is -1.21. The summed E-state index contributed by atoms with van der Waals surface area (Å²) in [6, 6.07) is 10.8. The molecule has 0 amide bonds. The second-order valence-corrected chi connectivity index (χ2v) is 7.51. The van der Waals surface area contributed by atoms with Gasteiger partial charge in [0.2, 0.25) is 0 Å². The summed E-state index contributed by atoms with van der Waals surface area (Å²) in [5.41, 5.74) is -0.262. The smallest absolute Gasteiger partial charge is 0.323 e. The molecule has 24 heavy (non-hydrogen) atoms. The lowest BCUT2D eigenvalue weighted by atomic mass is 10.2. The van der Waals surface area contributed by atoms with Gasteiger partial charge in [0.1, 0.15) is 12.2 Å². The van der Waals surface area contributed by atoms with Crippen LogP contribution in [-0.4, -0.2) is 24.1 Å². The number of carbonyl (C=O) groups is 1. The molecule has 2 aromatic rings. The third-order valence-electron chi connectivity index (χ3n) is 3.27. The molecular formula is C15H15ClN2O5S. The van der Waals surface area contributed by atoms with E-state index in [-0.39, 0.29) is 5.69 Å². The predicted octanol–water partition coefficient (Wildman–Crippen LogP) is 1.92. The lowest BCUT2D eigenvalue weighted by molar-refractivity contribution is -0.137. The fourth-order valence-electron chi connectivity index (χ4n) is 2.07. The number of carboxylic acids is 1. The van der Waals surface area contributed by atoms with E-state index in [1.54, 1.807) is 37.3 Å². The maximum Gasteiger partial charge on any atom is 0.323 e. The van der Waals surface area contributed by atoms with Crippen molar-refractivity contribution in [1.82, 2.24) is 4.57 Å². The molecule has 128 valence electrons. The number of anilines is 1. The van der Waals surface area contributed by atoms with Gasteiger partial charge in [-0.3, -0.25) is 18.9 Å². The number of aromatic nitrogens is 1. The van der Waals surface area contributed by atoms with E-state index in [0.29, 0.717) is 11.3 Å². The quantitative estimate of drug-likeness (QED) is 0.756. The highest BCUT2D eigenvalue weighted by Crippen LogP contribution is 2.27. The first-order valence-corrected chi connectivity index (χ1v) is 8.83. The fraction of sp³-hybridized carbons (Fsp3) is 0.200. The molecule has 0 spiro atoms. The van der Waals surface area contributed by atoms with E-state index in [1.807, 2.05) is 0 Å². The lowest BCUT2D eigenvalue weighted by Gasteiger charge is -2.15. The fourth-order valence-corrected chi connectivity index (χ4v) is 3.43. The number of rotatable bonds is 6. The lowest BCUT2D eigenvalue weighted by Crippen LogP contribution is -2.30. The van der Waals surface area contributed by atoms with Gasteiger partial charge in [0, 0.05) is 5.69 Å². The second kappa shape index (κ2) is 7.06. The Bertz CT molecular complexity index is 909. The Morgan fingerprint density at radius 2 is 1.88 bits per heavy atom. The Labute approximate surface area is 143 Å². The maximum atomic E-state index is 12.4. The van der Waals surface area contributed by atoms with Crippen molar-refractivity contribution in [3.05, 3.63) is 64.1 Å². The molecule has 0 aliphatic carbocycles. The molecule has 0 radical (unpaired) electrons. The Morgan fingerprint density at radius 1 is 1.25 bits per heavy atom.